The van der Waals surface area contributed by atoms with Gasteiger partial charge in [-0.2, -0.15) is 0 Å². The summed E-state index contributed by atoms with van der Waals surface area (Å²) in [5, 5.41) is 13.5. The molecule has 0 spiro atoms. The molecule has 0 bridgehead atoms. The SMILES string of the molecule is O=Cc1cc([N+](=O)[O-])cc2c1NCCO2. The maximum absolute atomic E-state index is 10.7. The molecule has 1 aliphatic rings. The van der Waals surface area contributed by atoms with Crippen LogP contribution >= 0.6 is 0 Å². The van der Waals surface area contributed by atoms with Crippen molar-refractivity contribution in [3.8, 4) is 5.75 Å². The summed E-state index contributed by atoms with van der Waals surface area (Å²) in [7, 11) is 0. The maximum Gasteiger partial charge on any atom is 0.274 e. The van der Waals surface area contributed by atoms with E-state index in [0.717, 1.165) is 0 Å². The quantitative estimate of drug-likeness (QED) is 0.448. The van der Waals surface area contributed by atoms with E-state index in [1.54, 1.807) is 0 Å². The number of carbonyl (C=O) groups excluding carboxylic acids is 1. The number of nitro benzene ring substituents is 1. The monoisotopic (exact) mass is 208 g/mol. The number of rotatable bonds is 2. The van der Waals surface area contributed by atoms with E-state index in [0.29, 0.717) is 30.9 Å². The highest BCUT2D eigenvalue weighted by atomic mass is 16.6. The highest BCUT2D eigenvalue weighted by Gasteiger charge is 2.19. The first kappa shape index (κ1) is 9.45. The molecule has 1 aromatic rings. The molecule has 0 aromatic heterocycles. The lowest BCUT2D eigenvalue weighted by molar-refractivity contribution is -0.384. The van der Waals surface area contributed by atoms with Crippen LogP contribution in [0.1, 0.15) is 10.4 Å². The highest BCUT2D eigenvalue weighted by molar-refractivity contribution is 5.88. The second-order valence-electron chi connectivity index (χ2n) is 3.06. The third-order valence-corrected chi connectivity index (χ3v) is 2.12. The molecule has 1 heterocycles. The fourth-order valence-electron chi connectivity index (χ4n) is 1.46. The summed E-state index contributed by atoms with van der Waals surface area (Å²) in [4.78, 5) is 20.8. The minimum atomic E-state index is -0.550. The zero-order chi connectivity index (χ0) is 10.8. The molecule has 0 atom stereocenters. The molecule has 1 aromatic carbocycles. The van der Waals surface area contributed by atoms with Crippen LogP contribution in [-0.2, 0) is 0 Å². The normalized spacial score (nSPS) is 13.3. The van der Waals surface area contributed by atoms with Crippen LogP contribution in [0.2, 0.25) is 0 Å². The fourth-order valence-corrected chi connectivity index (χ4v) is 1.46. The van der Waals surface area contributed by atoms with Gasteiger partial charge < -0.3 is 10.1 Å². The highest BCUT2D eigenvalue weighted by Crippen LogP contribution is 2.34. The average molecular weight is 208 g/mol. The van der Waals surface area contributed by atoms with Gasteiger partial charge in [0.2, 0.25) is 0 Å². The van der Waals surface area contributed by atoms with Crippen LogP contribution in [0.5, 0.6) is 5.75 Å². The lowest BCUT2D eigenvalue weighted by Gasteiger charge is -2.19. The van der Waals surface area contributed by atoms with Crippen LogP contribution < -0.4 is 10.1 Å². The zero-order valence-corrected chi connectivity index (χ0v) is 7.73. The topological polar surface area (TPSA) is 81.5 Å². The van der Waals surface area contributed by atoms with Crippen molar-refractivity contribution in [3.05, 3.63) is 27.8 Å². The molecular weight excluding hydrogens is 200 g/mol. The summed E-state index contributed by atoms with van der Waals surface area (Å²) >= 11 is 0. The molecule has 1 N–H and O–H groups in total. The second-order valence-corrected chi connectivity index (χ2v) is 3.06. The number of nitrogens with zero attached hydrogens (tertiary/aromatic N) is 1. The number of anilines is 1. The van der Waals surface area contributed by atoms with E-state index in [-0.39, 0.29) is 11.3 Å². The predicted octanol–water partition coefficient (Wildman–Crippen LogP) is 1.21. The van der Waals surface area contributed by atoms with Crippen LogP contribution in [-0.4, -0.2) is 24.4 Å². The average Bonchev–Trinajstić information content (AvgIpc) is 2.27. The summed E-state index contributed by atoms with van der Waals surface area (Å²) in [6.45, 7) is 1.03. The second kappa shape index (κ2) is 3.56. The summed E-state index contributed by atoms with van der Waals surface area (Å²) in [5.41, 5.74) is 0.639. The number of non-ortho nitro benzene ring substituents is 1. The van der Waals surface area contributed by atoms with Crippen LogP contribution in [0.3, 0.4) is 0 Å². The molecule has 0 saturated heterocycles. The largest absolute Gasteiger partial charge is 0.489 e. The van der Waals surface area contributed by atoms with Crippen molar-refractivity contribution in [2.75, 3.05) is 18.5 Å². The third kappa shape index (κ3) is 1.61. The first-order chi connectivity index (χ1) is 7.22. The van der Waals surface area contributed by atoms with E-state index in [1.165, 1.54) is 12.1 Å². The molecule has 15 heavy (non-hydrogen) atoms. The minimum absolute atomic E-state index is 0.139. The van der Waals surface area contributed by atoms with Gasteiger partial charge in [-0.05, 0) is 0 Å². The lowest BCUT2D eigenvalue weighted by atomic mass is 10.1. The Morgan fingerprint density at radius 3 is 3.00 bits per heavy atom. The summed E-state index contributed by atoms with van der Waals surface area (Å²) in [5.74, 6) is 0.359. The Morgan fingerprint density at radius 2 is 2.33 bits per heavy atom. The van der Waals surface area contributed by atoms with E-state index in [1.807, 2.05) is 0 Å². The molecule has 0 radical (unpaired) electrons. The molecule has 0 unspecified atom stereocenters. The van der Waals surface area contributed by atoms with E-state index in [9.17, 15) is 14.9 Å². The van der Waals surface area contributed by atoms with Crippen molar-refractivity contribution in [3.63, 3.8) is 0 Å². The number of aldehydes is 1. The first-order valence-electron chi connectivity index (χ1n) is 4.36. The van der Waals surface area contributed by atoms with Gasteiger partial charge in [0.25, 0.3) is 5.69 Å². The van der Waals surface area contributed by atoms with E-state index >= 15 is 0 Å². The van der Waals surface area contributed by atoms with Crippen LogP contribution in [0, 0.1) is 10.1 Å². The van der Waals surface area contributed by atoms with Crippen LogP contribution in [0.4, 0.5) is 11.4 Å². The van der Waals surface area contributed by atoms with Crippen molar-refractivity contribution in [2.24, 2.45) is 0 Å². The lowest BCUT2D eigenvalue weighted by Crippen LogP contribution is -2.19. The fraction of sp³-hybridized carbons (Fsp3) is 0.222. The molecule has 0 fully saturated rings. The van der Waals surface area contributed by atoms with Gasteiger partial charge in [0.15, 0.2) is 6.29 Å². The molecule has 78 valence electrons. The number of fused-ring (bicyclic) bond motifs is 1. The summed E-state index contributed by atoms with van der Waals surface area (Å²) < 4.78 is 5.23. The summed E-state index contributed by atoms with van der Waals surface area (Å²) in [6, 6.07) is 2.54. The Kier molecular flexibility index (Phi) is 2.24. The number of nitro groups is 1. The molecule has 6 nitrogen and oxygen atoms in total. The number of carbonyl (C=O) groups is 1. The van der Waals surface area contributed by atoms with E-state index in [4.69, 9.17) is 4.74 Å². The zero-order valence-electron chi connectivity index (χ0n) is 7.73. The van der Waals surface area contributed by atoms with Crippen molar-refractivity contribution < 1.29 is 14.5 Å². The Morgan fingerprint density at radius 1 is 1.53 bits per heavy atom. The Labute approximate surface area is 85.0 Å². The number of nitrogens with one attached hydrogen (secondary N) is 1. The van der Waals surface area contributed by atoms with Crippen molar-refractivity contribution in [1.29, 1.82) is 0 Å². The van der Waals surface area contributed by atoms with Gasteiger partial charge in [-0.25, -0.2) is 0 Å². The third-order valence-electron chi connectivity index (χ3n) is 2.12. The molecule has 0 amide bonds. The van der Waals surface area contributed by atoms with Gasteiger partial charge >= 0.3 is 0 Å². The van der Waals surface area contributed by atoms with Gasteiger partial charge in [-0.15, -0.1) is 0 Å². The summed E-state index contributed by atoms with van der Waals surface area (Å²) in [6.07, 6.45) is 0.577. The van der Waals surface area contributed by atoms with E-state index in [2.05, 4.69) is 5.32 Å². The predicted molar refractivity (Wildman–Crippen MR) is 52.5 cm³/mol. The standard InChI is InChI=1S/C9H8N2O4/c12-5-6-3-7(11(13)14)4-8-9(6)10-1-2-15-8/h3-5,10H,1-2H2. The number of benzene rings is 1. The molecule has 0 saturated carbocycles. The Bertz CT molecular complexity index is 430. The molecule has 0 aliphatic carbocycles. The van der Waals surface area contributed by atoms with Crippen LogP contribution in [0.25, 0.3) is 0 Å². The smallest absolute Gasteiger partial charge is 0.274 e. The molecular formula is C9H8N2O4. The number of hydrogen-bond acceptors (Lipinski definition) is 5. The first-order valence-corrected chi connectivity index (χ1v) is 4.36. The molecule has 2 rings (SSSR count). The minimum Gasteiger partial charge on any atom is -0.489 e. The van der Waals surface area contributed by atoms with Gasteiger partial charge in [-0.1, -0.05) is 0 Å². The van der Waals surface area contributed by atoms with Crippen molar-refractivity contribution >= 4 is 17.7 Å². The van der Waals surface area contributed by atoms with Crippen molar-refractivity contribution in [2.45, 2.75) is 0 Å². The van der Waals surface area contributed by atoms with Crippen LogP contribution in [0.15, 0.2) is 12.1 Å². The maximum atomic E-state index is 10.7. The number of ether oxygens (including phenoxy) is 1. The van der Waals surface area contributed by atoms with Gasteiger partial charge in [0, 0.05) is 18.2 Å². The molecule has 1 aliphatic heterocycles. The van der Waals surface area contributed by atoms with Crippen molar-refractivity contribution in [1.82, 2.24) is 0 Å². The van der Waals surface area contributed by atoms with E-state index < -0.39 is 4.92 Å². The van der Waals surface area contributed by atoms with Gasteiger partial charge in [-0.3, -0.25) is 14.9 Å². The Hall–Kier alpha value is -2.11. The number of hydrogen-bond donors (Lipinski definition) is 1. The Balaban J connectivity index is 2.57. The van der Waals surface area contributed by atoms with Gasteiger partial charge in [0.05, 0.1) is 16.7 Å². The molecule has 6 heteroatoms. The van der Waals surface area contributed by atoms with Gasteiger partial charge in [0.1, 0.15) is 12.4 Å².